The largest absolute Gasteiger partial charge is 0.366 e. The van der Waals surface area contributed by atoms with Gasteiger partial charge in [-0.2, -0.15) is 0 Å². The van der Waals surface area contributed by atoms with Crippen LogP contribution < -0.4 is 5.73 Å². The Morgan fingerprint density at radius 2 is 1.83 bits per heavy atom. The normalized spacial score (nSPS) is 27.3. The quantitative estimate of drug-likeness (QED) is 0.916. The summed E-state index contributed by atoms with van der Waals surface area (Å²) in [5.41, 5.74) is 6.92. The van der Waals surface area contributed by atoms with Gasteiger partial charge < -0.3 is 10.6 Å². The minimum Gasteiger partial charge on any atom is -0.366 e. The molecule has 0 unspecified atom stereocenters. The lowest BCUT2D eigenvalue weighted by Crippen LogP contribution is -2.56. The minimum absolute atomic E-state index is 0.0949. The van der Waals surface area contributed by atoms with Gasteiger partial charge in [-0.05, 0) is 50.8 Å². The summed E-state index contributed by atoms with van der Waals surface area (Å²) in [6, 6.07) is 8.16. The zero-order chi connectivity index (χ0) is 17.4. The van der Waals surface area contributed by atoms with Crippen molar-refractivity contribution in [3.05, 3.63) is 35.4 Å². The standard InChI is InChI=1S/C19H27N3O2/c1-12(2)21-8-9-22(13(3)11-21)19(24)17-10-16(17)14-4-6-15(7-5-14)18(20)23/h4-7,12-13,16-17H,8-11H2,1-3H3,(H2,20,23)/t13-,16-,17+/m1/s1. The van der Waals surface area contributed by atoms with Gasteiger partial charge in [-0.25, -0.2) is 0 Å². The Balaban J connectivity index is 1.60. The Morgan fingerprint density at radius 3 is 2.38 bits per heavy atom. The molecule has 0 aromatic heterocycles. The average Bonchev–Trinajstić information content (AvgIpc) is 3.34. The van der Waals surface area contributed by atoms with Crippen molar-refractivity contribution < 1.29 is 9.59 Å². The number of amides is 2. The second-order valence-corrected chi connectivity index (χ2v) is 7.40. The summed E-state index contributed by atoms with van der Waals surface area (Å²) in [5, 5.41) is 0. The smallest absolute Gasteiger partial charge is 0.248 e. The summed E-state index contributed by atoms with van der Waals surface area (Å²) in [6.45, 7) is 9.29. The molecule has 1 heterocycles. The first-order valence-corrected chi connectivity index (χ1v) is 8.82. The molecule has 2 amide bonds. The summed E-state index contributed by atoms with van der Waals surface area (Å²) < 4.78 is 0. The molecule has 2 N–H and O–H groups in total. The van der Waals surface area contributed by atoms with Crippen LogP contribution in [-0.2, 0) is 4.79 Å². The fraction of sp³-hybridized carbons (Fsp3) is 0.579. The maximum atomic E-state index is 12.8. The van der Waals surface area contributed by atoms with Crippen LogP contribution in [0.1, 0.15) is 49.0 Å². The molecule has 3 atom stereocenters. The van der Waals surface area contributed by atoms with E-state index >= 15 is 0 Å². The first-order valence-electron chi connectivity index (χ1n) is 8.82. The van der Waals surface area contributed by atoms with E-state index in [0.29, 0.717) is 11.6 Å². The number of carbonyl (C=O) groups excluding carboxylic acids is 2. The lowest BCUT2D eigenvalue weighted by atomic mass is 10.1. The van der Waals surface area contributed by atoms with Gasteiger partial charge >= 0.3 is 0 Å². The molecule has 2 fully saturated rings. The summed E-state index contributed by atoms with van der Waals surface area (Å²) >= 11 is 0. The number of nitrogens with two attached hydrogens (primary N) is 1. The highest BCUT2D eigenvalue weighted by Crippen LogP contribution is 2.48. The Kier molecular flexibility index (Phi) is 4.63. The van der Waals surface area contributed by atoms with Gasteiger partial charge in [0.2, 0.25) is 11.8 Å². The highest BCUT2D eigenvalue weighted by atomic mass is 16.2. The van der Waals surface area contributed by atoms with Gasteiger partial charge in [-0.3, -0.25) is 14.5 Å². The number of piperazine rings is 1. The molecule has 0 bridgehead atoms. The summed E-state index contributed by atoms with van der Waals surface area (Å²) in [7, 11) is 0. The number of rotatable bonds is 4. The van der Waals surface area contributed by atoms with E-state index in [9.17, 15) is 9.59 Å². The molecule has 3 rings (SSSR count). The van der Waals surface area contributed by atoms with Crippen molar-refractivity contribution in [3.8, 4) is 0 Å². The molecule has 1 aliphatic heterocycles. The third-order valence-electron chi connectivity index (χ3n) is 5.40. The molecule has 1 saturated carbocycles. The monoisotopic (exact) mass is 329 g/mol. The van der Waals surface area contributed by atoms with Crippen LogP contribution in [0.2, 0.25) is 0 Å². The van der Waals surface area contributed by atoms with Gasteiger partial charge in [0.1, 0.15) is 0 Å². The van der Waals surface area contributed by atoms with E-state index < -0.39 is 5.91 Å². The second-order valence-electron chi connectivity index (χ2n) is 7.40. The SMILES string of the molecule is CC(C)N1CCN(C(=O)[C@H]2C[C@@H]2c2ccc(C(N)=O)cc2)[C@H](C)C1. The Morgan fingerprint density at radius 1 is 1.17 bits per heavy atom. The molecule has 2 aliphatic rings. The minimum atomic E-state index is -0.415. The van der Waals surface area contributed by atoms with Gasteiger partial charge in [0.15, 0.2) is 0 Å². The maximum Gasteiger partial charge on any atom is 0.248 e. The molecule has 1 aliphatic carbocycles. The van der Waals surface area contributed by atoms with Crippen LogP contribution in [0.15, 0.2) is 24.3 Å². The second kappa shape index (κ2) is 6.55. The van der Waals surface area contributed by atoms with Crippen molar-refractivity contribution in [1.29, 1.82) is 0 Å². The Labute approximate surface area is 143 Å². The molecule has 5 nitrogen and oxygen atoms in total. The number of nitrogens with zero attached hydrogens (tertiary/aromatic N) is 2. The number of primary amides is 1. The predicted octanol–water partition coefficient (Wildman–Crippen LogP) is 1.83. The number of hydrogen-bond donors (Lipinski definition) is 1. The van der Waals surface area contributed by atoms with Gasteiger partial charge in [-0.1, -0.05) is 12.1 Å². The van der Waals surface area contributed by atoms with Crippen LogP contribution in [0.25, 0.3) is 0 Å². The van der Waals surface area contributed by atoms with Crippen LogP contribution in [0, 0.1) is 5.92 Å². The lowest BCUT2D eigenvalue weighted by Gasteiger charge is -2.41. The van der Waals surface area contributed by atoms with Crippen LogP contribution >= 0.6 is 0 Å². The van der Waals surface area contributed by atoms with E-state index in [2.05, 4.69) is 30.6 Å². The van der Waals surface area contributed by atoms with Crippen LogP contribution in [0.3, 0.4) is 0 Å². The molecule has 0 radical (unpaired) electrons. The average molecular weight is 329 g/mol. The first-order chi connectivity index (χ1) is 11.4. The van der Waals surface area contributed by atoms with E-state index in [1.54, 1.807) is 12.1 Å². The molecule has 24 heavy (non-hydrogen) atoms. The number of benzene rings is 1. The summed E-state index contributed by atoms with van der Waals surface area (Å²) in [4.78, 5) is 28.5. The van der Waals surface area contributed by atoms with E-state index in [1.165, 1.54) is 0 Å². The van der Waals surface area contributed by atoms with Crippen molar-refractivity contribution in [2.45, 2.75) is 45.2 Å². The van der Waals surface area contributed by atoms with Gasteiger partial charge in [0.05, 0.1) is 0 Å². The van der Waals surface area contributed by atoms with Crippen molar-refractivity contribution in [2.24, 2.45) is 11.7 Å². The highest BCUT2D eigenvalue weighted by Gasteiger charge is 2.47. The zero-order valence-corrected chi connectivity index (χ0v) is 14.7. The van der Waals surface area contributed by atoms with Gasteiger partial charge in [-0.15, -0.1) is 0 Å². The summed E-state index contributed by atoms with van der Waals surface area (Å²) in [6.07, 6.45) is 0.909. The van der Waals surface area contributed by atoms with Crippen molar-refractivity contribution >= 4 is 11.8 Å². The van der Waals surface area contributed by atoms with Crippen molar-refractivity contribution in [2.75, 3.05) is 19.6 Å². The fourth-order valence-corrected chi connectivity index (χ4v) is 3.73. The molecular weight excluding hydrogens is 302 g/mol. The lowest BCUT2D eigenvalue weighted by molar-refractivity contribution is -0.137. The highest BCUT2D eigenvalue weighted by molar-refractivity contribution is 5.92. The topological polar surface area (TPSA) is 66.6 Å². The molecule has 0 spiro atoms. The van der Waals surface area contributed by atoms with Crippen molar-refractivity contribution in [1.82, 2.24) is 9.80 Å². The Hall–Kier alpha value is -1.88. The van der Waals surface area contributed by atoms with E-state index in [4.69, 9.17) is 5.73 Å². The first kappa shape index (κ1) is 17.0. The zero-order valence-electron chi connectivity index (χ0n) is 14.7. The van der Waals surface area contributed by atoms with Gasteiger partial charge in [0, 0.05) is 43.2 Å². The maximum absolute atomic E-state index is 12.8. The van der Waals surface area contributed by atoms with E-state index in [-0.39, 0.29) is 23.8 Å². The molecule has 1 aromatic carbocycles. The summed E-state index contributed by atoms with van der Waals surface area (Å²) in [5.74, 6) is 0.254. The Bertz CT molecular complexity index is 626. The number of carbonyl (C=O) groups is 2. The van der Waals surface area contributed by atoms with Crippen molar-refractivity contribution in [3.63, 3.8) is 0 Å². The predicted molar refractivity (Wildman–Crippen MR) is 93.7 cm³/mol. The third-order valence-corrected chi connectivity index (χ3v) is 5.40. The molecule has 1 saturated heterocycles. The number of hydrogen-bond acceptors (Lipinski definition) is 3. The molecule has 5 heteroatoms. The van der Waals surface area contributed by atoms with Crippen LogP contribution in [0.4, 0.5) is 0 Å². The molecular formula is C19H27N3O2. The molecule has 130 valence electrons. The van der Waals surface area contributed by atoms with E-state index in [1.807, 2.05) is 12.1 Å². The van der Waals surface area contributed by atoms with Crippen LogP contribution in [-0.4, -0.2) is 53.3 Å². The fourth-order valence-electron chi connectivity index (χ4n) is 3.73. The van der Waals surface area contributed by atoms with Gasteiger partial charge in [0.25, 0.3) is 0 Å². The molecule has 1 aromatic rings. The third kappa shape index (κ3) is 3.31. The van der Waals surface area contributed by atoms with Crippen LogP contribution in [0.5, 0.6) is 0 Å². The van der Waals surface area contributed by atoms with E-state index in [0.717, 1.165) is 31.6 Å².